The minimum atomic E-state index is -4.75. The molecule has 0 bridgehead atoms. The predicted octanol–water partition coefficient (Wildman–Crippen LogP) is 6.07. The lowest BCUT2D eigenvalue weighted by Crippen LogP contribution is -2.46. The van der Waals surface area contributed by atoms with Crippen LogP contribution in [0.15, 0.2) is 66.7 Å². The molecule has 0 radical (unpaired) electrons. The van der Waals surface area contributed by atoms with Gasteiger partial charge in [-0.15, -0.1) is 13.2 Å². The monoisotopic (exact) mass is 507 g/mol. The topological polar surface area (TPSA) is 55.8 Å². The lowest BCUT2D eigenvalue weighted by molar-refractivity contribution is -0.274. The van der Waals surface area contributed by atoms with Crippen molar-refractivity contribution in [1.29, 1.82) is 0 Å². The molecule has 9 heteroatoms. The molecule has 0 fully saturated rings. The van der Waals surface area contributed by atoms with E-state index in [4.69, 9.17) is 0 Å². The van der Waals surface area contributed by atoms with E-state index < -0.39 is 17.6 Å². The van der Waals surface area contributed by atoms with Crippen molar-refractivity contribution in [3.05, 3.63) is 72.3 Å². The van der Waals surface area contributed by atoms with Crippen LogP contribution in [0, 0.1) is 0 Å². The third-order valence-corrected chi connectivity index (χ3v) is 6.46. The van der Waals surface area contributed by atoms with Gasteiger partial charge < -0.3 is 13.6 Å². The average molecular weight is 508 g/mol. The smallest absolute Gasteiger partial charge is 0.573 e. The molecule has 0 aliphatic carbocycles. The molecule has 2 unspecified atom stereocenters. The van der Waals surface area contributed by atoms with Crippen LogP contribution in [-0.4, -0.2) is 45.7 Å². The summed E-state index contributed by atoms with van der Waals surface area (Å²) in [5.41, 5.74) is 1.38. The summed E-state index contributed by atoms with van der Waals surface area (Å²) in [6.07, 6.45) is -2.48. The summed E-state index contributed by atoms with van der Waals surface area (Å²) < 4.78 is 67.5. The molecule has 2 atom stereocenters. The molecule has 0 heterocycles. The maximum Gasteiger partial charge on any atom is 0.573 e. The van der Waals surface area contributed by atoms with Gasteiger partial charge >= 0.3 is 6.36 Å². The third kappa shape index (κ3) is 7.95. The molecule has 0 amide bonds. The van der Waals surface area contributed by atoms with Gasteiger partial charge in [0.1, 0.15) is 5.75 Å². The van der Waals surface area contributed by atoms with E-state index in [0.29, 0.717) is 12.1 Å². The van der Waals surface area contributed by atoms with Crippen LogP contribution in [0.5, 0.6) is 5.75 Å². The molecule has 0 saturated heterocycles. The Morgan fingerprint density at radius 1 is 0.943 bits per heavy atom. The fourth-order valence-electron chi connectivity index (χ4n) is 4.24. The number of hydrogen-bond donors (Lipinski definition) is 0. The molecule has 0 aliphatic heterocycles. The number of nitrogens with zero attached hydrogens (tertiary/aromatic N) is 2. The van der Waals surface area contributed by atoms with E-state index in [1.165, 1.54) is 16.4 Å². The zero-order valence-electron chi connectivity index (χ0n) is 19.8. The minimum Gasteiger partial charge on any atom is -0.755 e. The van der Waals surface area contributed by atoms with Crippen molar-refractivity contribution in [1.82, 2.24) is 4.90 Å². The van der Waals surface area contributed by atoms with Gasteiger partial charge in [0, 0.05) is 29.5 Å². The molecule has 0 saturated carbocycles. The van der Waals surface area contributed by atoms with Crippen molar-refractivity contribution in [3.8, 4) is 5.75 Å². The second kappa shape index (κ2) is 12.4. The van der Waals surface area contributed by atoms with Gasteiger partial charge in [-0.1, -0.05) is 56.3 Å². The second-order valence-corrected chi connectivity index (χ2v) is 9.27. The highest BCUT2D eigenvalue weighted by molar-refractivity contribution is 7.80. The zero-order valence-corrected chi connectivity index (χ0v) is 20.6. The van der Waals surface area contributed by atoms with Crippen LogP contribution in [0.3, 0.4) is 0 Å². The van der Waals surface area contributed by atoms with Crippen LogP contribution in [0.2, 0.25) is 0 Å². The van der Waals surface area contributed by atoms with E-state index in [0.717, 1.165) is 42.3 Å². The highest BCUT2D eigenvalue weighted by Crippen LogP contribution is 2.26. The molecule has 0 aliphatic rings. The number of benzene rings is 3. The number of alkyl halides is 3. The first-order valence-corrected chi connectivity index (χ1v) is 12.7. The van der Waals surface area contributed by atoms with Crippen molar-refractivity contribution in [3.63, 3.8) is 0 Å². The Labute approximate surface area is 206 Å². The van der Waals surface area contributed by atoms with E-state index in [2.05, 4.69) is 23.5 Å². The van der Waals surface area contributed by atoms with Gasteiger partial charge in [0.2, 0.25) is 0 Å². The standard InChI is InChI=1S/C26H31F3N2O3S/c1-3-15-30(16-4-2)24(17-20-9-13-25(14-10-20)34-26(27,28)29)19-31(35(32)33)23-12-11-21-7-5-6-8-22(21)18-23/h5-14,18,24H,3-4,15-17,19H2,1-2H3,(H,32,33)/p-1. The number of hydrogen-bond acceptors (Lipinski definition) is 4. The molecule has 35 heavy (non-hydrogen) atoms. The van der Waals surface area contributed by atoms with E-state index >= 15 is 0 Å². The Hall–Kier alpha value is -2.62. The summed E-state index contributed by atoms with van der Waals surface area (Å²) in [7, 11) is 0. The largest absolute Gasteiger partial charge is 0.755 e. The van der Waals surface area contributed by atoms with Crippen LogP contribution in [-0.2, 0) is 17.7 Å². The van der Waals surface area contributed by atoms with Crippen LogP contribution in [0.1, 0.15) is 32.3 Å². The van der Waals surface area contributed by atoms with Crippen molar-refractivity contribution >= 4 is 27.7 Å². The van der Waals surface area contributed by atoms with Gasteiger partial charge in [0.05, 0.1) is 0 Å². The van der Waals surface area contributed by atoms with Gasteiger partial charge in [0.15, 0.2) is 0 Å². The fraction of sp³-hybridized carbons (Fsp3) is 0.385. The van der Waals surface area contributed by atoms with Crippen molar-refractivity contribution in [2.24, 2.45) is 0 Å². The quantitative estimate of drug-likeness (QED) is 0.279. The van der Waals surface area contributed by atoms with Crippen molar-refractivity contribution < 1.29 is 26.7 Å². The van der Waals surface area contributed by atoms with Gasteiger partial charge in [-0.2, -0.15) is 0 Å². The first-order valence-electron chi connectivity index (χ1n) is 11.6. The number of rotatable bonds is 12. The lowest BCUT2D eigenvalue weighted by atomic mass is 10.0. The SMILES string of the molecule is CCCN(CCC)C(Cc1ccc(OC(F)(F)F)cc1)CN(c1ccc2ccccc2c1)S(=O)[O-]. The molecule has 3 aromatic rings. The van der Waals surface area contributed by atoms with Gasteiger partial charge in [-0.05, 0) is 73.0 Å². The fourth-order valence-corrected chi connectivity index (χ4v) is 4.81. The maximum atomic E-state index is 12.5. The molecular weight excluding hydrogens is 477 g/mol. The summed E-state index contributed by atoms with van der Waals surface area (Å²) in [5, 5.41) is 1.96. The van der Waals surface area contributed by atoms with E-state index in [-0.39, 0.29) is 18.3 Å². The number of anilines is 1. The van der Waals surface area contributed by atoms with E-state index in [1.807, 2.05) is 36.4 Å². The summed E-state index contributed by atoms with van der Waals surface area (Å²) >= 11 is -2.50. The summed E-state index contributed by atoms with van der Waals surface area (Å²) in [6.45, 7) is 5.91. The first kappa shape index (κ1) is 27.0. The Morgan fingerprint density at radius 3 is 2.14 bits per heavy atom. The Kier molecular flexibility index (Phi) is 9.54. The minimum absolute atomic E-state index is 0.173. The number of ether oxygens (including phenoxy) is 1. The van der Waals surface area contributed by atoms with Gasteiger partial charge in [0.25, 0.3) is 0 Å². The zero-order chi connectivity index (χ0) is 25.4. The molecule has 5 nitrogen and oxygen atoms in total. The normalized spacial score (nSPS) is 13.7. The van der Waals surface area contributed by atoms with Gasteiger partial charge in [-0.3, -0.25) is 9.11 Å². The Morgan fingerprint density at radius 2 is 1.57 bits per heavy atom. The summed E-state index contributed by atoms with van der Waals surface area (Å²) in [6, 6.07) is 18.9. The van der Waals surface area contributed by atoms with Crippen molar-refractivity contribution in [2.75, 3.05) is 23.9 Å². The molecule has 3 rings (SSSR count). The second-order valence-electron chi connectivity index (χ2n) is 8.40. The van der Waals surface area contributed by atoms with Crippen LogP contribution >= 0.6 is 0 Å². The van der Waals surface area contributed by atoms with E-state index in [9.17, 15) is 21.9 Å². The maximum absolute atomic E-state index is 12.5. The average Bonchev–Trinajstić information content (AvgIpc) is 2.81. The van der Waals surface area contributed by atoms with Gasteiger partial charge in [-0.25, -0.2) is 0 Å². The first-order chi connectivity index (χ1) is 16.7. The predicted molar refractivity (Wildman–Crippen MR) is 133 cm³/mol. The molecule has 3 aromatic carbocycles. The van der Waals surface area contributed by atoms with Crippen molar-refractivity contribution in [2.45, 2.75) is 45.5 Å². The Bertz CT molecular complexity index is 1100. The third-order valence-electron chi connectivity index (χ3n) is 5.74. The number of halogens is 3. The van der Waals surface area contributed by atoms with Crippen LogP contribution in [0.25, 0.3) is 10.8 Å². The summed E-state index contributed by atoms with van der Waals surface area (Å²) in [5.74, 6) is -0.282. The van der Waals surface area contributed by atoms with Crippen LogP contribution < -0.4 is 9.04 Å². The highest BCUT2D eigenvalue weighted by Gasteiger charge is 2.31. The lowest BCUT2D eigenvalue weighted by Gasteiger charge is -2.37. The van der Waals surface area contributed by atoms with Crippen LogP contribution in [0.4, 0.5) is 18.9 Å². The van der Waals surface area contributed by atoms with E-state index in [1.54, 1.807) is 18.2 Å². The molecule has 0 spiro atoms. The molecular formula is C26H30F3N2O3S-. The highest BCUT2D eigenvalue weighted by atomic mass is 32.2. The Balaban J connectivity index is 1.88. The summed E-state index contributed by atoms with van der Waals surface area (Å²) in [4.78, 5) is 2.25. The molecule has 0 aromatic heterocycles. The molecule has 0 N–H and O–H groups in total. The number of fused-ring (bicyclic) bond motifs is 1. The molecule has 190 valence electrons.